The van der Waals surface area contributed by atoms with Crippen molar-refractivity contribution in [3.63, 3.8) is 0 Å². The number of hydrogen-bond donors (Lipinski definition) is 0. The van der Waals surface area contributed by atoms with Gasteiger partial charge in [-0.15, -0.1) is 0 Å². The minimum atomic E-state index is -0.635. The molecule has 4 nitrogen and oxygen atoms in total. The molecule has 2 amide bonds. The van der Waals surface area contributed by atoms with Crippen molar-refractivity contribution in [2.24, 2.45) is 0 Å². The van der Waals surface area contributed by atoms with Gasteiger partial charge in [-0.25, -0.2) is 9.29 Å². The summed E-state index contributed by atoms with van der Waals surface area (Å²) in [6.45, 7) is 2.17. The van der Waals surface area contributed by atoms with Crippen LogP contribution in [-0.4, -0.2) is 18.4 Å². The van der Waals surface area contributed by atoms with Gasteiger partial charge in [0.15, 0.2) is 0 Å². The zero-order valence-corrected chi connectivity index (χ0v) is 12.5. The predicted molar refractivity (Wildman–Crippen MR) is 84.3 cm³/mol. The number of carbonyl (C=O) groups excluding carboxylic acids is 2. The highest BCUT2D eigenvalue weighted by Gasteiger charge is 2.37. The number of fused-ring (bicyclic) bond motifs is 1. The van der Waals surface area contributed by atoms with Gasteiger partial charge in [0.1, 0.15) is 5.82 Å². The van der Waals surface area contributed by atoms with E-state index in [2.05, 4.69) is 0 Å². The summed E-state index contributed by atoms with van der Waals surface area (Å²) >= 11 is 0. The number of nitrogens with zero attached hydrogens (tertiary/aromatic N) is 1. The van der Waals surface area contributed by atoms with Crippen molar-refractivity contribution in [2.45, 2.75) is 6.92 Å². The van der Waals surface area contributed by atoms with Crippen molar-refractivity contribution < 1.29 is 18.7 Å². The lowest BCUT2D eigenvalue weighted by atomic mass is 9.94. The van der Waals surface area contributed by atoms with Crippen LogP contribution in [0.25, 0.3) is 5.57 Å². The number of rotatable bonds is 3. The molecule has 5 heteroatoms. The van der Waals surface area contributed by atoms with Crippen molar-refractivity contribution >= 4 is 23.1 Å². The highest BCUT2D eigenvalue weighted by Crippen LogP contribution is 2.33. The summed E-state index contributed by atoms with van der Waals surface area (Å²) in [5.41, 5.74) is 0.981. The van der Waals surface area contributed by atoms with Gasteiger partial charge in [0.05, 0.1) is 24.1 Å². The first-order valence-corrected chi connectivity index (χ1v) is 7.19. The molecular formula is C18H14FNO3. The Morgan fingerprint density at radius 2 is 1.65 bits per heavy atom. The second-order valence-electron chi connectivity index (χ2n) is 4.93. The van der Waals surface area contributed by atoms with Crippen LogP contribution in [0.3, 0.4) is 0 Å². The Labute approximate surface area is 132 Å². The molecule has 0 saturated heterocycles. The van der Waals surface area contributed by atoms with Gasteiger partial charge in [0, 0.05) is 11.1 Å². The maximum atomic E-state index is 14.1. The largest absolute Gasteiger partial charge is 0.501 e. The second kappa shape index (κ2) is 6.04. The van der Waals surface area contributed by atoms with Gasteiger partial charge < -0.3 is 4.74 Å². The molecule has 0 saturated carbocycles. The summed E-state index contributed by atoms with van der Waals surface area (Å²) in [4.78, 5) is 26.3. The SMILES string of the molecule is CCO/C=C1\C(=O)N(c2ccccc2F)C(=O)c2ccccc21. The zero-order valence-electron chi connectivity index (χ0n) is 12.5. The minimum Gasteiger partial charge on any atom is -0.501 e. The maximum Gasteiger partial charge on any atom is 0.269 e. The highest BCUT2D eigenvalue weighted by atomic mass is 19.1. The number of halogens is 1. The number of carbonyl (C=O) groups is 2. The molecule has 2 aromatic carbocycles. The molecule has 0 unspecified atom stereocenters. The van der Waals surface area contributed by atoms with Gasteiger partial charge in [-0.3, -0.25) is 9.59 Å². The number of imide groups is 1. The summed E-state index contributed by atoms with van der Waals surface area (Å²) in [5, 5.41) is 0. The van der Waals surface area contributed by atoms with Crippen molar-refractivity contribution in [1.29, 1.82) is 0 Å². The number of ether oxygens (including phenoxy) is 1. The molecule has 0 atom stereocenters. The molecular weight excluding hydrogens is 297 g/mol. The molecule has 0 spiro atoms. The van der Waals surface area contributed by atoms with E-state index in [1.165, 1.54) is 24.5 Å². The number of anilines is 1. The zero-order chi connectivity index (χ0) is 16.4. The summed E-state index contributed by atoms with van der Waals surface area (Å²) in [6, 6.07) is 12.4. The van der Waals surface area contributed by atoms with Crippen LogP contribution in [0.5, 0.6) is 0 Å². The molecule has 1 heterocycles. The fraction of sp³-hybridized carbons (Fsp3) is 0.111. The summed E-state index contributed by atoms with van der Waals surface area (Å²) in [6.07, 6.45) is 1.32. The third-order valence-corrected chi connectivity index (χ3v) is 3.55. The lowest BCUT2D eigenvalue weighted by Crippen LogP contribution is -2.42. The topological polar surface area (TPSA) is 46.6 Å². The fourth-order valence-electron chi connectivity index (χ4n) is 2.49. The molecule has 116 valence electrons. The van der Waals surface area contributed by atoms with Gasteiger partial charge in [0.2, 0.25) is 0 Å². The van der Waals surface area contributed by atoms with Crippen LogP contribution in [0.1, 0.15) is 22.8 Å². The van der Waals surface area contributed by atoms with Crippen LogP contribution in [0, 0.1) is 5.82 Å². The van der Waals surface area contributed by atoms with E-state index in [1.54, 1.807) is 37.3 Å². The van der Waals surface area contributed by atoms with Gasteiger partial charge in [-0.1, -0.05) is 30.3 Å². The Morgan fingerprint density at radius 1 is 1.00 bits per heavy atom. The van der Waals surface area contributed by atoms with E-state index in [0.29, 0.717) is 17.7 Å². The molecule has 3 rings (SSSR count). The quantitative estimate of drug-likeness (QED) is 0.496. The molecule has 0 aliphatic carbocycles. The van der Waals surface area contributed by atoms with E-state index in [1.807, 2.05) is 0 Å². The van der Waals surface area contributed by atoms with E-state index in [-0.39, 0.29) is 11.3 Å². The molecule has 0 aromatic heterocycles. The van der Waals surface area contributed by atoms with Gasteiger partial charge in [-0.2, -0.15) is 0 Å². The van der Waals surface area contributed by atoms with E-state index in [4.69, 9.17) is 4.74 Å². The molecule has 0 bridgehead atoms. The first-order chi connectivity index (χ1) is 11.1. The molecule has 0 radical (unpaired) electrons. The van der Waals surface area contributed by atoms with Gasteiger partial charge in [-0.05, 0) is 25.1 Å². The van der Waals surface area contributed by atoms with Crippen molar-refractivity contribution in [3.8, 4) is 0 Å². The average Bonchev–Trinajstić information content (AvgIpc) is 2.57. The Morgan fingerprint density at radius 3 is 2.35 bits per heavy atom. The Kier molecular flexibility index (Phi) is 3.93. The molecule has 2 aromatic rings. The second-order valence-corrected chi connectivity index (χ2v) is 4.93. The third-order valence-electron chi connectivity index (χ3n) is 3.55. The smallest absolute Gasteiger partial charge is 0.269 e. The van der Waals surface area contributed by atoms with Gasteiger partial charge in [0.25, 0.3) is 11.8 Å². The standard InChI is InChI=1S/C18H14FNO3/c1-2-23-11-14-12-7-3-4-8-13(12)17(21)20(18(14)22)16-10-6-5-9-15(16)19/h3-11H,2H2,1H3/b14-11-. The van der Waals surface area contributed by atoms with E-state index >= 15 is 0 Å². The van der Waals surface area contributed by atoms with E-state index in [0.717, 1.165) is 4.90 Å². The predicted octanol–water partition coefficient (Wildman–Crippen LogP) is 3.39. The first kappa shape index (κ1) is 15.0. The monoisotopic (exact) mass is 311 g/mol. The van der Waals surface area contributed by atoms with Crippen molar-refractivity contribution in [1.82, 2.24) is 0 Å². The first-order valence-electron chi connectivity index (χ1n) is 7.19. The lowest BCUT2D eigenvalue weighted by Gasteiger charge is -2.28. The summed E-state index contributed by atoms with van der Waals surface area (Å²) in [5.74, 6) is -1.79. The molecule has 23 heavy (non-hydrogen) atoms. The Bertz CT molecular complexity index is 813. The van der Waals surface area contributed by atoms with E-state index in [9.17, 15) is 14.0 Å². The minimum absolute atomic E-state index is 0.0700. The normalized spacial score (nSPS) is 15.7. The lowest BCUT2D eigenvalue weighted by molar-refractivity contribution is -0.113. The van der Waals surface area contributed by atoms with Crippen molar-refractivity contribution in [2.75, 3.05) is 11.5 Å². The fourth-order valence-corrected chi connectivity index (χ4v) is 2.49. The van der Waals surface area contributed by atoms with Crippen LogP contribution < -0.4 is 4.90 Å². The highest BCUT2D eigenvalue weighted by molar-refractivity contribution is 6.40. The van der Waals surface area contributed by atoms with Crippen LogP contribution in [0.4, 0.5) is 10.1 Å². The molecule has 1 aliphatic heterocycles. The van der Waals surface area contributed by atoms with Crippen molar-refractivity contribution in [3.05, 3.63) is 71.7 Å². The number of hydrogen-bond acceptors (Lipinski definition) is 3. The van der Waals surface area contributed by atoms with Crippen LogP contribution >= 0.6 is 0 Å². The Hall–Kier alpha value is -2.95. The molecule has 0 fully saturated rings. The van der Waals surface area contributed by atoms with Crippen LogP contribution in [0.2, 0.25) is 0 Å². The summed E-state index contributed by atoms with van der Waals surface area (Å²) in [7, 11) is 0. The summed E-state index contributed by atoms with van der Waals surface area (Å²) < 4.78 is 19.3. The van der Waals surface area contributed by atoms with Gasteiger partial charge >= 0.3 is 0 Å². The average molecular weight is 311 g/mol. The number of para-hydroxylation sites is 1. The molecule has 0 N–H and O–H groups in total. The third kappa shape index (κ3) is 2.50. The van der Waals surface area contributed by atoms with Crippen LogP contribution in [-0.2, 0) is 9.53 Å². The maximum absolute atomic E-state index is 14.1. The molecule has 1 aliphatic rings. The van der Waals surface area contributed by atoms with E-state index < -0.39 is 17.6 Å². The number of amides is 2. The Balaban J connectivity index is 2.19. The van der Waals surface area contributed by atoms with Crippen LogP contribution in [0.15, 0.2) is 54.8 Å². The number of benzene rings is 2.